The molecule has 1 aromatic rings. The van der Waals surface area contributed by atoms with E-state index >= 15 is 0 Å². The fraction of sp³-hybridized carbons (Fsp3) is 0.667. The molecule has 0 radical (unpaired) electrons. The van der Waals surface area contributed by atoms with Crippen LogP contribution in [0.5, 0.6) is 0 Å². The maximum absolute atomic E-state index is 11.6. The first-order chi connectivity index (χ1) is 11.8. The highest BCUT2D eigenvalue weighted by Gasteiger charge is 2.20. The fourth-order valence-electron chi connectivity index (χ4n) is 2.40. The van der Waals surface area contributed by atoms with E-state index in [-0.39, 0.29) is 5.56 Å². The SMILES string of the molecule is CN=C(NCCCCn1ccccc1=O)NCCCOCC1CC1. The molecule has 2 N–H and O–H groups in total. The van der Waals surface area contributed by atoms with Gasteiger partial charge in [0.15, 0.2) is 5.96 Å². The summed E-state index contributed by atoms with van der Waals surface area (Å²) in [5.41, 5.74) is 0.0619. The fourth-order valence-corrected chi connectivity index (χ4v) is 2.40. The molecule has 0 bridgehead atoms. The van der Waals surface area contributed by atoms with Gasteiger partial charge in [-0.25, -0.2) is 0 Å². The number of hydrogen-bond donors (Lipinski definition) is 2. The molecule has 0 amide bonds. The van der Waals surface area contributed by atoms with Crippen molar-refractivity contribution in [3.63, 3.8) is 0 Å². The Balaban J connectivity index is 1.47. The molecule has 1 heterocycles. The van der Waals surface area contributed by atoms with Gasteiger partial charge in [-0.2, -0.15) is 0 Å². The minimum absolute atomic E-state index is 0.0619. The summed E-state index contributed by atoms with van der Waals surface area (Å²) >= 11 is 0. The average Bonchev–Trinajstić information content (AvgIpc) is 3.41. The second-order valence-electron chi connectivity index (χ2n) is 6.24. The number of pyridine rings is 1. The molecule has 1 fully saturated rings. The van der Waals surface area contributed by atoms with E-state index in [1.54, 1.807) is 23.7 Å². The number of nitrogens with zero attached hydrogens (tertiary/aromatic N) is 2. The van der Waals surface area contributed by atoms with Crippen molar-refractivity contribution in [2.24, 2.45) is 10.9 Å². The molecule has 0 unspecified atom stereocenters. The van der Waals surface area contributed by atoms with Gasteiger partial charge >= 0.3 is 0 Å². The number of nitrogens with one attached hydrogen (secondary N) is 2. The maximum atomic E-state index is 11.6. The topological polar surface area (TPSA) is 67.7 Å². The van der Waals surface area contributed by atoms with Crippen molar-refractivity contribution >= 4 is 5.96 Å². The van der Waals surface area contributed by atoms with Gasteiger partial charge in [0.1, 0.15) is 0 Å². The Bertz CT molecular complexity index is 552. The largest absolute Gasteiger partial charge is 0.381 e. The van der Waals surface area contributed by atoms with Gasteiger partial charge in [-0.05, 0) is 44.1 Å². The summed E-state index contributed by atoms with van der Waals surface area (Å²) in [6.45, 7) is 4.21. The zero-order chi connectivity index (χ0) is 17.0. The lowest BCUT2D eigenvalue weighted by atomic mass is 10.3. The van der Waals surface area contributed by atoms with Crippen LogP contribution >= 0.6 is 0 Å². The highest BCUT2D eigenvalue weighted by atomic mass is 16.5. The molecule has 6 nitrogen and oxygen atoms in total. The Morgan fingerprint density at radius 2 is 2.04 bits per heavy atom. The summed E-state index contributed by atoms with van der Waals surface area (Å²) in [7, 11) is 1.78. The standard InChI is InChI=1S/C18H30N4O2/c1-19-18(21-11-6-14-24-15-16-8-9-16)20-10-3-5-13-22-12-4-2-7-17(22)23/h2,4,7,12,16H,3,5-6,8-11,13-15H2,1H3,(H2,19,20,21). The molecular formula is C18H30N4O2. The molecule has 0 saturated heterocycles. The molecule has 0 aliphatic heterocycles. The zero-order valence-electron chi connectivity index (χ0n) is 14.7. The number of aliphatic imine (C=N–C) groups is 1. The summed E-state index contributed by atoms with van der Waals surface area (Å²) in [4.78, 5) is 15.8. The maximum Gasteiger partial charge on any atom is 0.250 e. The third-order valence-corrected chi connectivity index (χ3v) is 4.05. The zero-order valence-corrected chi connectivity index (χ0v) is 14.7. The van der Waals surface area contributed by atoms with E-state index in [1.807, 2.05) is 12.3 Å². The quantitative estimate of drug-likeness (QED) is 0.366. The molecule has 24 heavy (non-hydrogen) atoms. The first kappa shape index (κ1) is 18.5. The first-order valence-electron chi connectivity index (χ1n) is 8.97. The predicted molar refractivity (Wildman–Crippen MR) is 97.5 cm³/mol. The average molecular weight is 334 g/mol. The van der Waals surface area contributed by atoms with Gasteiger partial charge in [0.2, 0.25) is 5.56 Å². The Morgan fingerprint density at radius 3 is 2.75 bits per heavy atom. The summed E-state index contributed by atoms with van der Waals surface area (Å²) < 4.78 is 7.35. The second kappa shape index (κ2) is 10.9. The second-order valence-corrected chi connectivity index (χ2v) is 6.24. The van der Waals surface area contributed by atoms with Gasteiger partial charge in [0.25, 0.3) is 0 Å². The molecule has 2 rings (SSSR count). The molecule has 0 aromatic carbocycles. The van der Waals surface area contributed by atoms with Crippen LogP contribution < -0.4 is 16.2 Å². The summed E-state index contributed by atoms with van der Waals surface area (Å²) in [6.07, 6.45) is 7.46. The van der Waals surface area contributed by atoms with Crippen LogP contribution in [0.1, 0.15) is 32.1 Å². The van der Waals surface area contributed by atoms with Crippen LogP contribution in [0.2, 0.25) is 0 Å². The highest BCUT2D eigenvalue weighted by molar-refractivity contribution is 5.79. The normalized spacial score (nSPS) is 14.6. The number of ether oxygens (including phenoxy) is 1. The van der Waals surface area contributed by atoms with Gasteiger partial charge in [0.05, 0.1) is 0 Å². The van der Waals surface area contributed by atoms with Crippen LogP contribution in [-0.2, 0) is 11.3 Å². The number of rotatable bonds is 11. The minimum atomic E-state index is 0.0619. The molecule has 134 valence electrons. The molecule has 1 saturated carbocycles. The smallest absolute Gasteiger partial charge is 0.250 e. The van der Waals surface area contributed by atoms with E-state index in [0.717, 1.165) is 64.0 Å². The molecule has 6 heteroatoms. The monoisotopic (exact) mass is 334 g/mol. The van der Waals surface area contributed by atoms with E-state index < -0.39 is 0 Å². The van der Waals surface area contributed by atoms with E-state index in [9.17, 15) is 4.79 Å². The third kappa shape index (κ3) is 7.64. The van der Waals surface area contributed by atoms with Crippen molar-refractivity contribution in [3.8, 4) is 0 Å². The van der Waals surface area contributed by atoms with Crippen molar-refractivity contribution in [1.82, 2.24) is 15.2 Å². The van der Waals surface area contributed by atoms with E-state index in [1.165, 1.54) is 12.8 Å². The summed E-state index contributed by atoms with van der Waals surface area (Å²) in [5.74, 6) is 1.66. The highest BCUT2D eigenvalue weighted by Crippen LogP contribution is 2.28. The summed E-state index contributed by atoms with van der Waals surface area (Å²) in [6, 6.07) is 5.26. The summed E-state index contributed by atoms with van der Waals surface area (Å²) in [5, 5.41) is 6.59. The van der Waals surface area contributed by atoms with Gasteiger partial charge in [0, 0.05) is 52.2 Å². The van der Waals surface area contributed by atoms with Crippen molar-refractivity contribution in [2.45, 2.75) is 38.6 Å². The third-order valence-electron chi connectivity index (χ3n) is 4.05. The lowest BCUT2D eigenvalue weighted by molar-refractivity contribution is 0.123. The van der Waals surface area contributed by atoms with Crippen molar-refractivity contribution < 1.29 is 4.74 Å². The predicted octanol–water partition coefficient (Wildman–Crippen LogP) is 1.61. The van der Waals surface area contributed by atoms with Crippen LogP contribution in [0, 0.1) is 5.92 Å². The lowest BCUT2D eigenvalue weighted by Gasteiger charge is -2.12. The van der Waals surface area contributed by atoms with Gasteiger partial charge in [-0.1, -0.05) is 6.07 Å². The van der Waals surface area contributed by atoms with E-state index in [0.29, 0.717) is 0 Å². The molecule has 1 aliphatic carbocycles. The Hall–Kier alpha value is -1.82. The van der Waals surface area contributed by atoms with Crippen molar-refractivity contribution in [2.75, 3.05) is 33.4 Å². The minimum Gasteiger partial charge on any atom is -0.381 e. The molecule has 0 spiro atoms. The number of guanidine groups is 1. The first-order valence-corrected chi connectivity index (χ1v) is 8.97. The van der Waals surface area contributed by atoms with Crippen LogP contribution in [0.3, 0.4) is 0 Å². The molecule has 1 aliphatic rings. The lowest BCUT2D eigenvalue weighted by Crippen LogP contribution is -2.38. The number of aryl methyl sites for hydroxylation is 1. The van der Waals surface area contributed by atoms with Gasteiger partial charge in [-0.15, -0.1) is 0 Å². The Kier molecular flexibility index (Phi) is 8.38. The van der Waals surface area contributed by atoms with Gasteiger partial charge in [-0.3, -0.25) is 9.79 Å². The van der Waals surface area contributed by atoms with Gasteiger partial charge < -0.3 is 19.9 Å². The van der Waals surface area contributed by atoms with Crippen LogP contribution in [0.15, 0.2) is 34.2 Å². The van der Waals surface area contributed by atoms with Crippen molar-refractivity contribution in [3.05, 3.63) is 34.7 Å². The van der Waals surface area contributed by atoms with Crippen LogP contribution in [-0.4, -0.2) is 43.9 Å². The van der Waals surface area contributed by atoms with Crippen molar-refractivity contribution in [1.29, 1.82) is 0 Å². The molecule has 0 atom stereocenters. The number of aromatic nitrogens is 1. The van der Waals surface area contributed by atoms with E-state index in [4.69, 9.17) is 4.74 Å². The Labute approximate surface area is 144 Å². The molecular weight excluding hydrogens is 304 g/mol. The molecule has 1 aromatic heterocycles. The van der Waals surface area contributed by atoms with E-state index in [2.05, 4.69) is 15.6 Å². The number of unbranched alkanes of at least 4 members (excludes halogenated alkanes) is 1. The van der Waals surface area contributed by atoms with Crippen LogP contribution in [0.4, 0.5) is 0 Å². The number of hydrogen-bond acceptors (Lipinski definition) is 3. The Morgan fingerprint density at radius 1 is 1.25 bits per heavy atom. The van der Waals surface area contributed by atoms with Crippen LogP contribution in [0.25, 0.3) is 0 Å².